The highest BCUT2D eigenvalue weighted by atomic mass is 29.3. The third-order valence-electron chi connectivity index (χ3n) is 13.2. The minimum Gasteiger partial charge on any atom is -0.496 e. The van der Waals surface area contributed by atoms with Crippen molar-refractivity contribution in [3.8, 4) is 5.75 Å². The summed E-state index contributed by atoms with van der Waals surface area (Å²) in [6.45, 7) is 36.3. The molecule has 3 aliphatic carbocycles. The quantitative estimate of drug-likeness (QED) is 0.274. The van der Waals surface area contributed by atoms with E-state index in [-0.39, 0.29) is 10.8 Å². The van der Waals surface area contributed by atoms with E-state index in [0.29, 0.717) is 5.92 Å². The third kappa shape index (κ3) is 6.62. The number of methoxy groups -OCH3 is 1. The second kappa shape index (κ2) is 11.8. The molecule has 0 radical (unpaired) electrons. The van der Waals surface area contributed by atoms with E-state index >= 15 is 0 Å². The molecule has 0 aromatic heterocycles. The second-order valence-electron chi connectivity index (χ2n) is 19.8. The summed E-state index contributed by atoms with van der Waals surface area (Å²) in [5.74, 6) is 5.60. The Bertz CT molecular complexity index is 1060. The molecule has 42 heavy (non-hydrogen) atoms. The maximum atomic E-state index is 6.17. The first-order valence-corrected chi connectivity index (χ1v) is 28.7. The number of rotatable bonds is 7. The average molecular weight is 627 g/mol. The Balaban J connectivity index is 1.67. The first kappa shape index (κ1) is 34.5. The zero-order valence-electron chi connectivity index (χ0n) is 30.8. The van der Waals surface area contributed by atoms with Gasteiger partial charge in [0.15, 0.2) is 0 Å². The first-order valence-electron chi connectivity index (χ1n) is 17.8. The third-order valence-corrected chi connectivity index (χ3v) is 35.7. The number of fused-ring (bicyclic) bond motifs is 1. The van der Waals surface area contributed by atoms with Crippen molar-refractivity contribution < 1.29 is 4.74 Å². The van der Waals surface area contributed by atoms with E-state index in [1.807, 2.05) is 7.11 Å². The molecule has 4 rings (SSSR count). The Morgan fingerprint density at radius 2 is 1.31 bits per heavy atom. The number of hydrogen-bond acceptors (Lipinski definition) is 1. The SMILES string of the molecule is COc1c(C(C)(C)C)cc(C2CCCC3C2CC(C)C3[Si](C)(C)[Si](C)(C)C2CCC(C[Si](C)(C)C)C2)cc1C(C)(C)C. The maximum Gasteiger partial charge on any atom is 0.126 e. The molecule has 3 aliphatic rings. The smallest absolute Gasteiger partial charge is 0.126 e. The summed E-state index contributed by atoms with van der Waals surface area (Å²) in [6, 6.07) is 6.76. The zero-order chi connectivity index (χ0) is 31.6. The molecule has 7 atom stereocenters. The van der Waals surface area contributed by atoms with Crippen molar-refractivity contribution in [3.05, 3.63) is 28.8 Å². The van der Waals surface area contributed by atoms with Crippen LogP contribution in [0.2, 0.25) is 63.0 Å². The van der Waals surface area contributed by atoms with Crippen molar-refractivity contribution in [2.24, 2.45) is 23.7 Å². The minimum atomic E-state index is -1.42. The molecule has 0 aliphatic heterocycles. The van der Waals surface area contributed by atoms with Crippen LogP contribution < -0.4 is 4.74 Å². The van der Waals surface area contributed by atoms with Gasteiger partial charge in [0.05, 0.1) is 7.11 Å². The summed E-state index contributed by atoms with van der Waals surface area (Å²) in [5.41, 5.74) is 6.69. The number of benzene rings is 1. The molecule has 0 N–H and O–H groups in total. The summed E-state index contributed by atoms with van der Waals surface area (Å²) in [4.78, 5) is 0. The van der Waals surface area contributed by atoms with Gasteiger partial charge in [-0.1, -0.05) is 145 Å². The van der Waals surface area contributed by atoms with Gasteiger partial charge in [-0.2, -0.15) is 0 Å². The molecular weight excluding hydrogens is 557 g/mol. The van der Waals surface area contributed by atoms with Gasteiger partial charge < -0.3 is 4.74 Å². The fourth-order valence-electron chi connectivity index (χ4n) is 10.7. The Morgan fingerprint density at radius 3 is 1.81 bits per heavy atom. The minimum absolute atomic E-state index is 0.0695. The highest BCUT2D eigenvalue weighted by Gasteiger charge is 2.59. The molecule has 1 aromatic carbocycles. The van der Waals surface area contributed by atoms with Crippen molar-refractivity contribution in [1.82, 2.24) is 0 Å². The van der Waals surface area contributed by atoms with Crippen LogP contribution in [-0.4, -0.2) is 30.4 Å². The fraction of sp³-hybridized carbons (Fsp3) is 0.842. The largest absolute Gasteiger partial charge is 0.496 e. The Kier molecular flexibility index (Phi) is 9.70. The van der Waals surface area contributed by atoms with E-state index < -0.39 is 23.3 Å². The van der Waals surface area contributed by atoms with Gasteiger partial charge in [-0.15, -0.1) is 0 Å². The molecule has 0 spiro atoms. The van der Waals surface area contributed by atoms with E-state index in [1.54, 1.807) is 24.4 Å². The lowest BCUT2D eigenvalue weighted by atomic mass is 9.68. The molecule has 0 saturated heterocycles. The summed E-state index contributed by atoms with van der Waals surface area (Å²) in [7, 11) is -1.85. The van der Waals surface area contributed by atoms with Crippen molar-refractivity contribution in [2.45, 2.75) is 173 Å². The van der Waals surface area contributed by atoms with Crippen LogP contribution in [0.1, 0.15) is 116 Å². The molecular formula is C38H70OSi3. The van der Waals surface area contributed by atoms with Gasteiger partial charge in [-0.25, -0.2) is 0 Å². The van der Waals surface area contributed by atoms with Gasteiger partial charge >= 0.3 is 0 Å². The van der Waals surface area contributed by atoms with Gasteiger partial charge in [-0.3, -0.25) is 0 Å². The van der Waals surface area contributed by atoms with Crippen LogP contribution in [-0.2, 0) is 10.8 Å². The van der Waals surface area contributed by atoms with Crippen LogP contribution in [0.25, 0.3) is 0 Å². The average Bonchev–Trinajstić information content (AvgIpc) is 3.44. The molecule has 4 heteroatoms. The van der Waals surface area contributed by atoms with Crippen LogP contribution in [0.4, 0.5) is 0 Å². The first-order chi connectivity index (χ1) is 19.1. The van der Waals surface area contributed by atoms with E-state index in [1.165, 1.54) is 43.2 Å². The van der Waals surface area contributed by atoms with Crippen molar-refractivity contribution in [3.63, 3.8) is 0 Å². The summed E-state index contributed by atoms with van der Waals surface area (Å²) >= 11 is 0. The highest BCUT2D eigenvalue weighted by Crippen LogP contribution is 2.63. The Hall–Kier alpha value is -0.329. The molecule has 0 bridgehead atoms. The summed E-state index contributed by atoms with van der Waals surface area (Å²) in [5, 5.41) is 0. The zero-order valence-corrected chi connectivity index (χ0v) is 33.8. The molecule has 3 fully saturated rings. The molecule has 0 heterocycles. The summed E-state index contributed by atoms with van der Waals surface area (Å²) in [6.07, 6.45) is 10.4. The molecule has 0 amide bonds. The predicted octanol–water partition coefficient (Wildman–Crippen LogP) is 12.2. The lowest BCUT2D eigenvalue weighted by molar-refractivity contribution is 0.236. The van der Waals surface area contributed by atoms with E-state index in [0.717, 1.165) is 40.5 Å². The molecule has 1 aromatic rings. The number of ether oxygens (including phenoxy) is 1. The Labute approximate surface area is 265 Å². The lowest BCUT2D eigenvalue weighted by Crippen LogP contribution is -2.62. The highest BCUT2D eigenvalue weighted by molar-refractivity contribution is 7.41. The predicted molar refractivity (Wildman–Crippen MR) is 196 cm³/mol. The van der Waals surface area contributed by atoms with Gasteiger partial charge in [0.2, 0.25) is 0 Å². The molecule has 240 valence electrons. The standard InChI is InChI=1S/C38H70OSi3/c1-26-21-32-30(28-23-33(37(2,3)4)35(39-8)34(24-28)38(5,6)7)17-16-18-31(32)36(26)42(14,15)41(12,13)29-20-19-27(22-29)25-40(9,10)11/h23-24,26-27,29-32,36H,16-22,25H2,1-15H3. The molecule has 1 nitrogen and oxygen atoms in total. The van der Waals surface area contributed by atoms with Crippen LogP contribution in [0.3, 0.4) is 0 Å². The van der Waals surface area contributed by atoms with E-state index in [2.05, 4.69) is 106 Å². The molecule has 7 unspecified atom stereocenters. The van der Waals surface area contributed by atoms with Crippen molar-refractivity contribution in [2.75, 3.05) is 7.11 Å². The van der Waals surface area contributed by atoms with Crippen LogP contribution in [0, 0.1) is 23.7 Å². The van der Waals surface area contributed by atoms with E-state index in [9.17, 15) is 0 Å². The lowest BCUT2D eigenvalue weighted by Gasteiger charge is -2.51. The topological polar surface area (TPSA) is 9.23 Å². The van der Waals surface area contributed by atoms with Crippen LogP contribution in [0.5, 0.6) is 5.75 Å². The van der Waals surface area contributed by atoms with Crippen molar-refractivity contribution >= 4 is 23.3 Å². The van der Waals surface area contributed by atoms with Gasteiger partial charge in [0.25, 0.3) is 0 Å². The van der Waals surface area contributed by atoms with Crippen molar-refractivity contribution in [1.29, 1.82) is 0 Å². The van der Waals surface area contributed by atoms with Gasteiger partial charge in [0.1, 0.15) is 5.75 Å². The van der Waals surface area contributed by atoms with Gasteiger partial charge in [-0.05, 0) is 69.9 Å². The van der Waals surface area contributed by atoms with Crippen LogP contribution in [0.15, 0.2) is 12.1 Å². The fourth-order valence-corrected chi connectivity index (χ4v) is 27.6. The molecule has 3 saturated carbocycles. The summed E-state index contributed by atoms with van der Waals surface area (Å²) < 4.78 is 6.17. The maximum absolute atomic E-state index is 6.17. The van der Waals surface area contributed by atoms with Crippen LogP contribution >= 0.6 is 0 Å². The Morgan fingerprint density at radius 1 is 0.738 bits per heavy atom. The van der Waals surface area contributed by atoms with E-state index in [4.69, 9.17) is 4.74 Å². The van der Waals surface area contributed by atoms with Gasteiger partial charge in [0, 0.05) is 34.4 Å². The monoisotopic (exact) mass is 626 g/mol. The second-order valence-corrected chi connectivity index (χ2v) is 41.5. The normalized spacial score (nSPS) is 31.4. The number of hydrogen-bond donors (Lipinski definition) is 0.